The molecule has 116 valence electrons. The fraction of sp³-hybridized carbons (Fsp3) is 0.444. The van der Waals surface area contributed by atoms with Gasteiger partial charge in [0.15, 0.2) is 0 Å². The van der Waals surface area contributed by atoms with Crippen LogP contribution in [0.3, 0.4) is 0 Å². The van der Waals surface area contributed by atoms with Crippen molar-refractivity contribution >= 4 is 16.8 Å². The van der Waals surface area contributed by atoms with Gasteiger partial charge in [-0.3, -0.25) is 9.78 Å². The molecule has 1 fully saturated rings. The van der Waals surface area contributed by atoms with E-state index in [9.17, 15) is 4.79 Å². The zero-order valence-corrected chi connectivity index (χ0v) is 13.5. The predicted molar refractivity (Wildman–Crippen MR) is 89.2 cm³/mol. The van der Waals surface area contributed by atoms with Crippen molar-refractivity contribution in [1.29, 1.82) is 0 Å². The minimum absolute atomic E-state index is 0.105. The van der Waals surface area contributed by atoms with E-state index < -0.39 is 0 Å². The van der Waals surface area contributed by atoms with Gasteiger partial charge >= 0.3 is 0 Å². The summed E-state index contributed by atoms with van der Waals surface area (Å²) in [6.07, 6.45) is 2.19. The summed E-state index contributed by atoms with van der Waals surface area (Å²) in [6.45, 7) is 5.60. The maximum absolute atomic E-state index is 12.9. The Bertz CT molecular complexity index is 711. The van der Waals surface area contributed by atoms with E-state index in [4.69, 9.17) is 0 Å². The fourth-order valence-electron chi connectivity index (χ4n) is 3.18. The molecular weight excluding hydrogens is 274 g/mol. The number of nitrogens with one attached hydrogen (secondary N) is 1. The lowest BCUT2D eigenvalue weighted by molar-refractivity contribution is 0.0697. The maximum Gasteiger partial charge on any atom is 0.255 e. The summed E-state index contributed by atoms with van der Waals surface area (Å²) in [5.74, 6) is 0.105. The second kappa shape index (κ2) is 6.05. The third kappa shape index (κ3) is 2.83. The van der Waals surface area contributed by atoms with Crippen molar-refractivity contribution in [2.75, 3.05) is 20.1 Å². The number of nitrogens with zero attached hydrogens (tertiary/aromatic N) is 2. The average molecular weight is 297 g/mol. The molecule has 0 aliphatic carbocycles. The first-order valence-electron chi connectivity index (χ1n) is 7.93. The highest BCUT2D eigenvalue weighted by atomic mass is 16.2. The predicted octanol–water partition coefficient (Wildman–Crippen LogP) is 2.68. The fourth-order valence-corrected chi connectivity index (χ4v) is 3.18. The van der Waals surface area contributed by atoms with Crippen LogP contribution in [0, 0.1) is 13.8 Å². The number of carbonyl (C=O) groups excluding carboxylic acids is 1. The van der Waals surface area contributed by atoms with Crippen molar-refractivity contribution in [2.24, 2.45) is 0 Å². The summed E-state index contributed by atoms with van der Waals surface area (Å²) in [4.78, 5) is 19.4. The SMILES string of the molecule is CN[C@@H]1CCCN(C(=O)c2cc3cc(C)ccc3nc2C)C1. The molecule has 3 rings (SSSR count). The van der Waals surface area contributed by atoms with Crippen LogP contribution in [0.1, 0.15) is 34.5 Å². The standard InChI is InChI=1S/C18H23N3O/c1-12-6-7-17-14(9-12)10-16(13(2)20-17)18(22)21-8-4-5-15(11-21)19-3/h6-7,9-10,15,19H,4-5,8,11H2,1-3H3/t15-/m1/s1. The van der Waals surface area contributed by atoms with Crippen molar-refractivity contribution in [3.05, 3.63) is 41.1 Å². The number of piperidine rings is 1. The molecule has 4 heteroatoms. The molecule has 4 nitrogen and oxygen atoms in total. The number of benzene rings is 1. The molecule has 1 aliphatic heterocycles. The van der Waals surface area contributed by atoms with E-state index in [2.05, 4.69) is 29.4 Å². The molecule has 1 aromatic heterocycles. The first kappa shape index (κ1) is 15.0. The number of aromatic nitrogens is 1. The Morgan fingerprint density at radius 3 is 2.91 bits per heavy atom. The van der Waals surface area contributed by atoms with E-state index in [1.54, 1.807) is 0 Å². The number of amides is 1. The molecule has 1 saturated heterocycles. The lowest BCUT2D eigenvalue weighted by atomic mass is 10.0. The largest absolute Gasteiger partial charge is 0.337 e. The molecule has 2 heterocycles. The Balaban J connectivity index is 1.94. The van der Waals surface area contributed by atoms with E-state index in [1.807, 2.05) is 31.0 Å². The molecule has 1 aromatic carbocycles. The summed E-state index contributed by atoms with van der Waals surface area (Å²) >= 11 is 0. The third-order valence-electron chi connectivity index (χ3n) is 4.51. The Morgan fingerprint density at radius 2 is 2.14 bits per heavy atom. The lowest BCUT2D eigenvalue weighted by Gasteiger charge is -2.32. The minimum atomic E-state index is 0.105. The maximum atomic E-state index is 12.9. The van der Waals surface area contributed by atoms with E-state index in [1.165, 1.54) is 5.56 Å². The van der Waals surface area contributed by atoms with Crippen LogP contribution in [0.4, 0.5) is 0 Å². The van der Waals surface area contributed by atoms with E-state index >= 15 is 0 Å². The molecular formula is C18H23N3O. The number of hydrogen-bond donors (Lipinski definition) is 1. The summed E-state index contributed by atoms with van der Waals surface area (Å²) < 4.78 is 0. The Hall–Kier alpha value is -1.94. The van der Waals surface area contributed by atoms with Gasteiger partial charge < -0.3 is 10.2 Å². The van der Waals surface area contributed by atoms with Gasteiger partial charge in [0.2, 0.25) is 0 Å². The first-order valence-corrected chi connectivity index (χ1v) is 7.93. The van der Waals surface area contributed by atoms with Gasteiger partial charge in [-0.25, -0.2) is 0 Å². The Labute approximate surface area is 131 Å². The molecule has 0 bridgehead atoms. The number of likely N-dealkylation sites (N-methyl/N-ethyl adjacent to an activating group) is 1. The quantitative estimate of drug-likeness (QED) is 0.927. The van der Waals surface area contributed by atoms with Crippen molar-refractivity contribution in [2.45, 2.75) is 32.7 Å². The lowest BCUT2D eigenvalue weighted by Crippen LogP contribution is -2.47. The Morgan fingerprint density at radius 1 is 1.32 bits per heavy atom. The normalized spacial score (nSPS) is 18.7. The molecule has 1 aliphatic rings. The van der Waals surface area contributed by atoms with Gasteiger partial charge in [-0.05, 0) is 51.9 Å². The number of likely N-dealkylation sites (tertiary alicyclic amines) is 1. The van der Waals surface area contributed by atoms with Crippen molar-refractivity contribution in [3.8, 4) is 0 Å². The van der Waals surface area contributed by atoms with E-state index in [0.717, 1.165) is 48.1 Å². The van der Waals surface area contributed by atoms with Gasteiger partial charge in [0.25, 0.3) is 5.91 Å². The summed E-state index contributed by atoms with van der Waals surface area (Å²) in [7, 11) is 1.96. The van der Waals surface area contributed by atoms with Crippen molar-refractivity contribution in [3.63, 3.8) is 0 Å². The summed E-state index contributed by atoms with van der Waals surface area (Å²) in [5, 5.41) is 4.32. The highest BCUT2D eigenvalue weighted by Crippen LogP contribution is 2.21. The van der Waals surface area contributed by atoms with Crippen LogP contribution in [0.2, 0.25) is 0 Å². The molecule has 0 saturated carbocycles. The number of aryl methyl sites for hydroxylation is 2. The molecule has 1 amide bonds. The Kier molecular flexibility index (Phi) is 4.12. The summed E-state index contributed by atoms with van der Waals surface area (Å²) in [5.41, 5.74) is 3.68. The second-order valence-corrected chi connectivity index (χ2v) is 6.20. The molecule has 0 unspecified atom stereocenters. The second-order valence-electron chi connectivity index (χ2n) is 6.20. The molecule has 22 heavy (non-hydrogen) atoms. The van der Waals surface area contributed by atoms with Crippen LogP contribution in [-0.2, 0) is 0 Å². The first-order chi connectivity index (χ1) is 10.6. The van der Waals surface area contributed by atoms with Crippen LogP contribution in [-0.4, -0.2) is 42.0 Å². The van der Waals surface area contributed by atoms with Gasteiger partial charge in [-0.15, -0.1) is 0 Å². The van der Waals surface area contributed by atoms with E-state index in [-0.39, 0.29) is 5.91 Å². The van der Waals surface area contributed by atoms with Gasteiger partial charge in [0.1, 0.15) is 0 Å². The summed E-state index contributed by atoms with van der Waals surface area (Å²) in [6, 6.07) is 8.55. The molecule has 0 radical (unpaired) electrons. The van der Waals surface area contributed by atoms with E-state index in [0.29, 0.717) is 6.04 Å². The highest BCUT2D eigenvalue weighted by molar-refractivity contribution is 5.98. The molecule has 2 aromatic rings. The third-order valence-corrected chi connectivity index (χ3v) is 4.51. The number of fused-ring (bicyclic) bond motifs is 1. The molecule has 1 atom stereocenters. The number of hydrogen-bond acceptors (Lipinski definition) is 3. The van der Waals surface area contributed by atoms with Gasteiger partial charge in [0, 0.05) is 24.5 Å². The van der Waals surface area contributed by atoms with Crippen molar-refractivity contribution < 1.29 is 4.79 Å². The van der Waals surface area contributed by atoms with Crippen LogP contribution in [0.15, 0.2) is 24.3 Å². The van der Waals surface area contributed by atoms with Crippen LogP contribution in [0.5, 0.6) is 0 Å². The number of carbonyl (C=O) groups is 1. The monoisotopic (exact) mass is 297 g/mol. The number of rotatable bonds is 2. The molecule has 1 N–H and O–H groups in total. The minimum Gasteiger partial charge on any atom is -0.337 e. The smallest absolute Gasteiger partial charge is 0.255 e. The van der Waals surface area contributed by atoms with Crippen LogP contribution < -0.4 is 5.32 Å². The van der Waals surface area contributed by atoms with Gasteiger partial charge in [0.05, 0.1) is 16.8 Å². The van der Waals surface area contributed by atoms with Gasteiger partial charge in [-0.1, -0.05) is 11.6 Å². The zero-order chi connectivity index (χ0) is 15.7. The van der Waals surface area contributed by atoms with Crippen LogP contribution >= 0.6 is 0 Å². The van der Waals surface area contributed by atoms with Gasteiger partial charge in [-0.2, -0.15) is 0 Å². The average Bonchev–Trinajstić information content (AvgIpc) is 2.54. The topological polar surface area (TPSA) is 45.2 Å². The molecule has 0 spiro atoms. The highest BCUT2D eigenvalue weighted by Gasteiger charge is 2.25. The van der Waals surface area contributed by atoms with Crippen LogP contribution in [0.25, 0.3) is 10.9 Å². The zero-order valence-electron chi connectivity index (χ0n) is 13.5. The number of pyridine rings is 1. The van der Waals surface area contributed by atoms with Crippen molar-refractivity contribution in [1.82, 2.24) is 15.2 Å².